The van der Waals surface area contributed by atoms with Gasteiger partial charge in [-0.3, -0.25) is 4.79 Å². The summed E-state index contributed by atoms with van der Waals surface area (Å²) in [5.74, 6) is -0.234. The molecule has 0 bridgehead atoms. The molecule has 1 saturated carbocycles. The third kappa shape index (κ3) is 3.05. The summed E-state index contributed by atoms with van der Waals surface area (Å²) in [4.78, 5) is 12.0. The van der Waals surface area contributed by atoms with Gasteiger partial charge in [0, 0.05) is 21.6 Å². The van der Waals surface area contributed by atoms with E-state index in [2.05, 4.69) is 5.32 Å². The predicted octanol–water partition coefficient (Wildman–Crippen LogP) is 2.74. The molecule has 1 amide bonds. The highest BCUT2D eigenvalue weighted by molar-refractivity contribution is 8.15. The minimum atomic E-state index is -3.75. The first-order chi connectivity index (χ1) is 8.30. The first-order valence-corrected chi connectivity index (χ1v) is 8.85. The van der Waals surface area contributed by atoms with E-state index in [1.54, 1.807) is 0 Å². The highest BCUT2D eigenvalue weighted by atomic mass is 35.7. The van der Waals surface area contributed by atoms with Gasteiger partial charge in [-0.05, 0) is 25.8 Å². The van der Waals surface area contributed by atoms with Crippen molar-refractivity contribution in [2.24, 2.45) is 0 Å². The van der Waals surface area contributed by atoms with E-state index in [4.69, 9.17) is 10.7 Å². The fourth-order valence-corrected chi connectivity index (χ4v) is 4.14. The van der Waals surface area contributed by atoms with Gasteiger partial charge in [0.25, 0.3) is 15.0 Å². The van der Waals surface area contributed by atoms with Crippen LogP contribution in [0.1, 0.15) is 43.0 Å². The lowest BCUT2D eigenvalue weighted by molar-refractivity contribution is 0.0908. The molecule has 0 atom stereocenters. The van der Waals surface area contributed by atoms with E-state index in [0.717, 1.165) is 37.0 Å². The van der Waals surface area contributed by atoms with Crippen LogP contribution in [0.3, 0.4) is 0 Å². The van der Waals surface area contributed by atoms with Gasteiger partial charge in [-0.2, -0.15) is 0 Å². The lowest BCUT2D eigenvalue weighted by Gasteiger charge is -2.24. The average Bonchev–Trinajstić information content (AvgIpc) is 2.84. The Bertz CT molecular complexity index is 559. The van der Waals surface area contributed by atoms with Crippen LogP contribution in [0.2, 0.25) is 0 Å². The summed E-state index contributed by atoms with van der Waals surface area (Å²) in [6.45, 7) is 2.02. The second-order valence-electron chi connectivity index (χ2n) is 4.81. The van der Waals surface area contributed by atoms with E-state index in [1.165, 1.54) is 11.4 Å². The summed E-state index contributed by atoms with van der Waals surface area (Å²) in [7, 11) is 1.48. The summed E-state index contributed by atoms with van der Waals surface area (Å²) in [5, 5.41) is 4.48. The van der Waals surface area contributed by atoms with Crippen LogP contribution in [0.15, 0.2) is 15.7 Å². The van der Waals surface area contributed by atoms with Gasteiger partial charge >= 0.3 is 0 Å². The first kappa shape index (κ1) is 13.8. The summed E-state index contributed by atoms with van der Waals surface area (Å²) in [5.41, 5.74) is 0.186. The van der Waals surface area contributed by atoms with Crippen molar-refractivity contribution >= 4 is 37.0 Å². The van der Waals surface area contributed by atoms with Gasteiger partial charge in [0.1, 0.15) is 4.21 Å². The van der Waals surface area contributed by atoms with E-state index < -0.39 is 9.05 Å². The molecule has 0 unspecified atom stereocenters. The van der Waals surface area contributed by atoms with Gasteiger partial charge < -0.3 is 5.32 Å². The quantitative estimate of drug-likeness (QED) is 0.873. The molecule has 1 aliphatic carbocycles. The van der Waals surface area contributed by atoms with Gasteiger partial charge in [0.2, 0.25) is 0 Å². The molecule has 100 valence electrons. The largest absolute Gasteiger partial charge is 0.347 e. The topological polar surface area (TPSA) is 63.2 Å². The Labute approximate surface area is 115 Å². The molecule has 1 aliphatic rings. The van der Waals surface area contributed by atoms with Crippen LogP contribution >= 0.6 is 22.0 Å². The molecule has 1 aromatic heterocycles. The third-order valence-corrected chi connectivity index (χ3v) is 6.24. The zero-order valence-electron chi connectivity index (χ0n) is 9.90. The van der Waals surface area contributed by atoms with Crippen molar-refractivity contribution in [1.29, 1.82) is 0 Å². The van der Waals surface area contributed by atoms with Crippen LogP contribution in [0.25, 0.3) is 0 Å². The van der Waals surface area contributed by atoms with Crippen molar-refractivity contribution in [3.05, 3.63) is 17.0 Å². The molecule has 18 heavy (non-hydrogen) atoms. The standard InChI is InChI=1S/C11H14ClNO3S2/c1-11(4-2-3-5-11)13-10(14)8-6-9(17-7-8)18(12,15)16/h6-7H,2-5H2,1H3,(H,13,14). The van der Waals surface area contributed by atoms with Crippen LogP contribution in [0.4, 0.5) is 0 Å². The minimum Gasteiger partial charge on any atom is -0.347 e. The molecule has 4 nitrogen and oxygen atoms in total. The first-order valence-electron chi connectivity index (χ1n) is 5.66. The van der Waals surface area contributed by atoms with E-state index >= 15 is 0 Å². The summed E-state index contributed by atoms with van der Waals surface area (Å²) in [6, 6.07) is 1.32. The lowest BCUT2D eigenvalue weighted by atomic mass is 10.0. The van der Waals surface area contributed by atoms with Crippen LogP contribution in [-0.4, -0.2) is 19.9 Å². The number of hydrogen-bond donors (Lipinski definition) is 1. The van der Waals surface area contributed by atoms with Crippen molar-refractivity contribution in [3.63, 3.8) is 0 Å². The van der Waals surface area contributed by atoms with Crippen LogP contribution in [-0.2, 0) is 9.05 Å². The Balaban J connectivity index is 2.12. The summed E-state index contributed by atoms with van der Waals surface area (Å²) >= 11 is 0.961. The molecule has 0 spiro atoms. The fraction of sp³-hybridized carbons (Fsp3) is 0.545. The fourth-order valence-electron chi connectivity index (χ4n) is 2.19. The molecule has 1 N–H and O–H groups in total. The van der Waals surface area contributed by atoms with E-state index in [-0.39, 0.29) is 15.7 Å². The number of halogens is 1. The molecule has 0 aliphatic heterocycles. The monoisotopic (exact) mass is 307 g/mol. The van der Waals surface area contributed by atoms with Crippen LogP contribution in [0.5, 0.6) is 0 Å². The summed E-state index contributed by atoms with van der Waals surface area (Å²) < 4.78 is 22.2. The zero-order valence-corrected chi connectivity index (χ0v) is 12.3. The highest BCUT2D eigenvalue weighted by Gasteiger charge is 2.30. The predicted molar refractivity (Wildman–Crippen MR) is 71.7 cm³/mol. The Morgan fingerprint density at radius 2 is 2.06 bits per heavy atom. The van der Waals surface area contributed by atoms with Gasteiger partial charge in [0.05, 0.1) is 5.56 Å². The Morgan fingerprint density at radius 3 is 2.56 bits per heavy atom. The Kier molecular flexibility index (Phi) is 3.71. The van der Waals surface area contributed by atoms with E-state index in [1.807, 2.05) is 6.92 Å². The Hall–Kier alpha value is -0.590. The number of carbonyl (C=O) groups excluding carboxylic acids is 1. The van der Waals surface area contributed by atoms with Gasteiger partial charge in [-0.25, -0.2) is 8.42 Å². The lowest BCUT2D eigenvalue weighted by Crippen LogP contribution is -2.43. The maximum Gasteiger partial charge on any atom is 0.270 e. The maximum absolute atomic E-state index is 12.0. The molecule has 1 fully saturated rings. The van der Waals surface area contributed by atoms with Crippen molar-refractivity contribution in [3.8, 4) is 0 Å². The number of rotatable bonds is 3. The number of hydrogen-bond acceptors (Lipinski definition) is 4. The normalized spacial score (nSPS) is 18.8. The molecule has 1 heterocycles. The van der Waals surface area contributed by atoms with Crippen LogP contribution in [0, 0.1) is 0 Å². The van der Waals surface area contributed by atoms with Crippen molar-refractivity contribution in [1.82, 2.24) is 5.32 Å². The van der Waals surface area contributed by atoms with Crippen LogP contribution < -0.4 is 5.32 Å². The van der Waals surface area contributed by atoms with Crippen molar-refractivity contribution in [2.75, 3.05) is 0 Å². The summed E-state index contributed by atoms with van der Waals surface area (Å²) in [6.07, 6.45) is 4.15. The molecular weight excluding hydrogens is 294 g/mol. The van der Waals surface area contributed by atoms with Gasteiger partial charge in [-0.1, -0.05) is 12.8 Å². The Morgan fingerprint density at radius 1 is 1.44 bits per heavy atom. The van der Waals surface area contributed by atoms with E-state index in [9.17, 15) is 13.2 Å². The molecule has 2 rings (SSSR count). The average molecular weight is 308 g/mol. The highest BCUT2D eigenvalue weighted by Crippen LogP contribution is 2.30. The molecule has 7 heteroatoms. The second-order valence-corrected chi connectivity index (χ2v) is 8.52. The van der Waals surface area contributed by atoms with Gasteiger partial charge in [-0.15, -0.1) is 11.3 Å². The smallest absolute Gasteiger partial charge is 0.270 e. The molecule has 1 aromatic rings. The maximum atomic E-state index is 12.0. The van der Waals surface area contributed by atoms with Crippen molar-refractivity contribution < 1.29 is 13.2 Å². The van der Waals surface area contributed by atoms with Gasteiger partial charge in [0.15, 0.2) is 0 Å². The molecular formula is C11H14ClNO3S2. The number of carbonyl (C=O) groups is 1. The third-order valence-electron chi connectivity index (χ3n) is 3.20. The molecule has 0 saturated heterocycles. The molecule has 0 radical (unpaired) electrons. The number of thiophene rings is 1. The number of amides is 1. The number of nitrogens with one attached hydrogen (secondary N) is 1. The molecule has 0 aromatic carbocycles. The SMILES string of the molecule is CC1(NC(=O)c2csc(S(=O)(=O)Cl)c2)CCCC1. The zero-order chi connectivity index (χ0) is 13.4. The van der Waals surface area contributed by atoms with Crippen molar-refractivity contribution in [2.45, 2.75) is 42.4 Å². The minimum absolute atomic E-state index is 0.00546. The van der Waals surface area contributed by atoms with E-state index in [0.29, 0.717) is 5.56 Å². The second kappa shape index (κ2) is 4.83.